The van der Waals surface area contributed by atoms with Crippen molar-refractivity contribution in [2.45, 2.75) is 4.90 Å². The van der Waals surface area contributed by atoms with Crippen LogP contribution in [0.15, 0.2) is 53.4 Å². The molecule has 2 aromatic rings. The molecule has 2 aromatic carbocycles. The van der Waals surface area contributed by atoms with Crippen molar-refractivity contribution in [2.75, 3.05) is 32.2 Å². The Hall–Kier alpha value is -3.07. The maximum absolute atomic E-state index is 13.1. The number of ether oxygens (including phenoxy) is 3. The average Bonchev–Trinajstić information content (AvgIpc) is 2.71. The fourth-order valence-corrected chi connectivity index (χ4v) is 3.68. The molecule has 0 aliphatic rings. The molecule has 0 bridgehead atoms. The number of nitrogens with zero attached hydrogens (tertiary/aromatic N) is 1. The van der Waals surface area contributed by atoms with Gasteiger partial charge >= 0.3 is 11.9 Å². The van der Waals surface area contributed by atoms with Gasteiger partial charge in [0.1, 0.15) is 12.3 Å². The van der Waals surface area contributed by atoms with Gasteiger partial charge in [0.15, 0.2) is 0 Å². The van der Waals surface area contributed by atoms with Crippen LogP contribution < -0.4 is 9.04 Å². The van der Waals surface area contributed by atoms with E-state index < -0.39 is 28.5 Å². The van der Waals surface area contributed by atoms with E-state index in [9.17, 15) is 18.0 Å². The van der Waals surface area contributed by atoms with Gasteiger partial charge in [0.25, 0.3) is 10.0 Å². The quantitative estimate of drug-likeness (QED) is 0.662. The van der Waals surface area contributed by atoms with Crippen molar-refractivity contribution in [3.05, 3.63) is 54.1 Å². The van der Waals surface area contributed by atoms with E-state index in [0.717, 1.165) is 11.4 Å². The SMILES string of the molecule is COC(=O)CN(c1cccc(C(=O)OC)c1)S(=O)(=O)c1ccc(OC)cc1. The highest BCUT2D eigenvalue weighted by atomic mass is 32.2. The second-order valence-corrected chi connectivity index (χ2v) is 7.17. The molecular formula is C18H19NO7S. The average molecular weight is 393 g/mol. The van der Waals surface area contributed by atoms with Crippen LogP contribution in [-0.2, 0) is 24.3 Å². The van der Waals surface area contributed by atoms with Crippen molar-refractivity contribution < 1.29 is 32.2 Å². The van der Waals surface area contributed by atoms with E-state index in [0.29, 0.717) is 5.75 Å². The maximum Gasteiger partial charge on any atom is 0.337 e. The number of esters is 2. The van der Waals surface area contributed by atoms with E-state index in [4.69, 9.17) is 4.74 Å². The Kier molecular flexibility index (Phi) is 6.40. The van der Waals surface area contributed by atoms with E-state index in [1.165, 1.54) is 62.8 Å². The molecule has 0 amide bonds. The highest BCUT2D eigenvalue weighted by molar-refractivity contribution is 7.92. The number of hydrogen-bond donors (Lipinski definition) is 0. The van der Waals surface area contributed by atoms with Crippen molar-refractivity contribution in [3.8, 4) is 5.75 Å². The van der Waals surface area contributed by atoms with Crippen LogP contribution in [0.25, 0.3) is 0 Å². The summed E-state index contributed by atoms with van der Waals surface area (Å²) in [5.74, 6) is -0.895. The first-order valence-electron chi connectivity index (χ1n) is 7.75. The van der Waals surface area contributed by atoms with Crippen molar-refractivity contribution in [3.63, 3.8) is 0 Å². The topological polar surface area (TPSA) is 99.2 Å². The lowest BCUT2D eigenvalue weighted by molar-refractivity contribution is -0.138. The zero-order valence-corrected chi connectivity index (χ0v) is 15.9. The predicted molar refractivity (Wildman–Crippen MR) is 97.3 cm³/mol. The Morgan fingerprint density at radius 1 is 0.963 bits per heavy atom. The summed E-state index contributed by atoms with van der Waals surface area (Å²) in [4.78, 5) is 23.5. The molecule has 0 spiro atoms. The lowest BCUT2D eigenvalue weighted by atomic mass is 10.2. The number of carbonyl (C=O) groups is 2. The Bertz CT molecular complexity index is 923. The Morgan fingerprint density at radius 3 is 2.19 bits per heavy atom. The summed E-state index contributed by atoms with van der Waals surface area (Å²) in [6.45, 7) is -0.560. The molecule has 0 aliphatic carbocycles. The summed E-state index contributed by atoms with van der Waals surface area (Å²) in [5.41, 5.74) is 0.272. The minimum absolute atomic E-state index is 0.0457. The van der Waals surface area contributed by atoms with Crippen molar-refractivity contribution in [1.29, 1.82) is 0 Å². The Balaban J connectivity index is 2.53. The third kappa shape index (κ3) is 4.56. The van der Waals surface area contributed by atoms with Crippen molar-refractivity contribution in [2.24, 2.45) is 0 Å². The van der Waals surface area contributed by atoms with E-state index >= 15 is 0 Å². The van der Waals surface area contributed by atoms with Crippen LogP contribution >= 0.6 is 0 Å². The second kappa shape index (κ2) is 8.54. The van der Waals surface area contributed by atoms with Crippen LogP contribution in [0.1, 0.15) is 10.4 Å². The molecule has 0 heterocycles. The first-order chi connectivity index (χ1) is 12.8. The predicted octanol–water partition coefficient (Wildman–Crippen LogP) is 1.85. The summed E-state index contributed by atoms with van der Waals surface area (Å²) in [7, 11) is -0.269. The maximum atomic E-state index is 13.1. The summed E-state index contributed by atoms with van der Waals surface area (Å²) in [6, 6.07) is 11.5. The van der Waals surface area contributed by atoms with Gasteiger partial charge in [0.2, 0.25) is 0 Å². The highest BCUT2D eigenvalue weighted by Crippen LogP contribution is 2.26. The van der Waals surface area contributed by atoms with Gasteiger partial charge in [-0.2, -0.15) is 0 Å². The highest BCUT2D eigenvalue weighted by Gasteiger charge is 2.28. The van der Waals surface area contributed by atoms with Gasteiger partial charge in [0, 0.05) is 0 Å². The zero-order valence-electron chi connectivity index (χ0n) is 15.0. The van der Waals surface area contributed by atoms with Gasteiger partial charge in [-0.1, -0.05) is 6.07 Å². The number of anilines is 1. The molecular weight excluding hydrogens is 374 g/mol. The molecule has 0 N–H and O–H groups in total. The lowest BCUT2D eigenvalue weighted by Crippen LogP contribution is -2.36. The largest absolute Gasteiger partial charge is 0.497 e. The van der Waals surface area contributed by atoms with Crippen LogP contribution in [0.4, 0.5) is 5.69 Å². The van der Waals surface area contributed by atoms with Gasteiger partial charge in [-0.15, -0.1) is 0 Å². The first kappa shape index (κ1) is 20.2. The van der Waals surface area contributed by atoms with E-state index in [1.54, 1.807) is 0 Å². The number of sulfonamides is 1. The number of carbonyl (C=O) groups excluding carboxylic acids is 2. The number of rotatable bonds is 7. The van der Waals surface area contributed by atoms with E-state index in [2.05, 4.69) is 9.47 Å². The lowest BCUT2D eigenvalue weighted by Gasteiger charge is -2.23. The molecule has 27 heavy (non-hydrogen) atoms. The molecule has 0 saturated carbocycles. The standard InChI is InChI=1S/C18H19NO7S/c1-24-15-7-9-16(10-8-15)27(22,23)19(12-17(20)25-2)14-6-4-5-13(11-14)18(21)26-3/h4-11H,12H2,1-3H3. The van der Waals surface area contributed by atoms with Gasteiger partial charge in [-0.25, -0.2) is 13.2 Å². The molecule has 0 radical (unpaired) electrons. The molecule has 0 unspecified atom stereocenters. The minimum atomic E-state index is -4.11. The summed E-state index contributed by atoms with van der Waals surface area (Å²) in [5, 5.41) is 0. The molecule has 8 nitrogen and oxygen atoms in total. The fraction of sp³-hybridized carbons (Fsp3) is 0.222. The van der Waals surface area contributed by atoms with Crippen molar-refractivity contribution in [1.82, 2.24) is 0 Å². The molecule has 9 heteroatoms. The zero-order chi connectivity index (χ0) is 20.0. The second-order valence-electron chi connectivity index (χ2n) is 5.31. The molecule has 2 rings (SSSR count). The van der Waals surface area contributed by atoms with Crippen LogP contribution in [0.2, 0.25) is 0 Å². The van der Waals surface area contributed by atoms with E-state index in [1.807, 2.05) is 0 Å². The van der Waals surface area contributed by atoms with Gasteiger partial charge in [-0.3, -0.25) is 9.10 Å². The Morgan fingerprint density at radius 2 is 1.63 bits per heavy atom. The van der Waals surface area contributed by atoms with Gasteiger partial charge in [-0.05, 0) is 42.5 Å². The summed E-state index contributed by atoms with van der Waals surface area (Å²) >= 11 is 0. The third-order valence-electron chi connectivity index (χ3n) is 3.70. The monoisotopic (exact) mass is 393 g/mol. The number of hydrogen-bond acceptors (Lipinski definition) is 7. The molecule has 0 atom stereocenters. The van der Waals surface area contributed by atoms with Crippen LogP contribution in [0.3, 0.4) is 0 Å². The van der Waals surface area contributed by atoms with Crippen LogP contribution in [-0.4, -0.2) is 48.2 Å². The smallest absolute Gasteiger partial charge is 0.337 e. The van der Waals surface area contributed by atoms with Crippen LogP contribution in [0, 0.1) is 0 Å². The number of benzene rings is 2. The Labute approximate surface area is 157 Å². The third-order valence-corrected chi connectivity index (χ3v) is 5.49. The normalized spacial score (nSPS) is 10.8. The molecule has 0 saturated heterocycles. The number of methoxy groups -OCH3 is 3. The van der Waals surface area contributed by atoms with Gasteiger partial charge < -0.3 is 14.2 Å². The summed E-state index contributed by atoms with van der Waals surface area (Å²) in [6.07, 6.45) is 0. The summed E-state index contributed by atoms with van der Waals surface area (Å²) < 4.78 is 41.4. The molecule has 0 fully saturated rings. The van der Waals surface area contributed by atoms with Crippen LogP contribution in [0.5, 0.6) is 5.75 Å². The van der Waals surface area contributed by atoms with Gasteiger partial charge in [0.05, 0.1) is 37.5 Å². The molecule has 0 aliphatic heterocycles. The molecule has 0 aromatic heterocycles. The minimum Gasteiger partial charge on any atom is -0.497 e. The molecule has 144 valence electrons. The van der Waals surface area contributed by atoms with Crippen molar-refractivity contribution >= 4 is 27.6 Å². The van der Waals surface area contributed by atoms with E-state index in [-0.39, 0.29) is 16.1 Å². The fourth-order valence-electron chi connectivity index (χ4n) is 2.28. The first-order valence-corrected chi connectivity index (χ1v) is 9.19.